The van der Waals surface area contributed by atoms with E-state index in [-0.39, 0.29) is 17.1 Å². The quantitative estimate of drug-likeness (QED) is 0.656. The van der Waals surface area contributed by atoms with Crippen LogP contribution in [-0.2, 0) is 24.3 Å². The Kier molecular flexibility index (Phi) is 8.38. The molecule has 1 aromatic rings. The summed E-state index contributed by atoms with van der Waals surface area (Å²) in [5.41, 5.74) is 0.511. The third kappa shape index (κ3) is 6.04. The SMILES string of the molecule is CCOC(=O)NC(=O)COC(=O)c1cc(S(=O)(=O)N(CC)CC)ccc1C. The summed E-state index contributed by atoms with van der Waals surface area (Å²) < 4.78 is 35.8. The van der Waals surface area contributed by atoms with Crippen LogP contribution in [0.5, 0.6) is 0 Å². The molecule has 9 nitrogen and oxygen atoms in total. The van der Waals surface area contributed by atoms with E-state index in [1.54, 1.807) is 27.7 Å². The fraction of sp³-hybridized carbons (Fsp3) is 0.471. The largest absolute Gasteiger partial charge is 0.452 e. The van der Waals surface area contributed by atoms with E-state index in [4.69, 9.17) is 4.74 Å². The third-order valence-electron chi connectivity index (χ3n) is 3.62. The summed E-state index contributed by atoms with van der Waals surface area (Å²) in [5.74, 6) is -1.73. The standard InChI is InChI=1S/C17H24N2O7S/c1-5-19(6-2)27(23,24)13-9-8-12(4)14(10-13)16(21)26-11-15(20)18-17(22)25-7-3/h8-10H,5-7,11H2,1-4H3,(H,18,20,22). The number of ether oxygens (including phenoxy) is 2. The van der Waals surface area contributed by atoms with Crippen LogP contribution in [0, 0.1) is 6.92 Å². The predicted molar refractivity (Wildman–Crippen MR) is 96.7 cm³/mol. The summed E-state index contributed by atoms with van der Waals surface area (Å²) in [6, 6.07) is 4.12. The van der Waals surface area contributed by atoms with Crippen molar-refractivity contribution in [1.82, 2.24) is 9.62 Å². The van der Waals surface area contributed by atoms with Crippen LogP contribution in [0.3, 0.4) is 0 Å². The Morgan fingerprint density at radius 3 is 2.26 bits per heavy atom. The number of esters is 1. The maximum Gasteiger partial charge on any atom is 0.413 e. The number of alkyl carbamates (subject to hydrolysis) is 1. The normalized spacial score (nSPS) is 11.1. The van der Waals surface area contributed by atoms with Gasteiger partial charge in [0.1, 0.15) is 0 Å². The van der Waals surface area contributed by atoms with E-state index in [9.17, 15) is 22.8 Å². The summed E-state index contributed by atoms with van der Waals surface area (Å²) in [5, 5.41) is 1.89. The molecule has 27 heavy (non-hydrogen) atoms. The zero-order valence-electron chi connectivity index (χ0n) is 15.8. The zero-order valence-corrected chi connectivity index (χ0v) is 16.6. The van der Waals surface area contributed by atoms with E-state index in [0.29, 0.717) is 18.7 Å². The maximum absolute atomic E-state index is 12.6. The minimum absolute atomic E-state index is 0.0205. The van der Waals surface area contributed by atoms with Gasteiger partial charge in [0.25, 0.3) is 5.91 Å². The minimum Gasteiger partial charge on any atom is -0.452 e. The van der Waals surface area contributed by atoms with E-state index in [0.717, 1.165) is 0 Å². The van der Waals surface area contributed by atoms with E-state index in [2.05, 4.69) is 4.74 Å². The number of carbonyl (C=O) groups is 3. The van der Waals surface area contributed by atoms with Gasteiger partial charge in [0, 0.05) is 13.1 Å². The number of imide groups is 1. The van der Waals surface area contributed by atoms with Crippen molar-refractivity contribution in [3.05, 3.63) is 29.3 Å². The predicted octanol–water partition coefficient (Wildman–Crippen LogP) is 1.46. The second-order valence-corrected chi connectivity index (χ2v) is 7.35. The number of nitrogens with one attached hydrogen (secondary N) is 1. The number of amides is 2. The molecular formula is C17H24N2O7S. The number of nitrogens with zero attached hydrogens (tertiary/aromatic N) is 1. The number of hydrogen-bond donors (Lipinski definition) is 1. The highest BCUT2D eigenvalue weighted by atomic mass is 32.2. The fourth-order valence-corrected chi connectivity index (χ4v) is 3.70. The van der Waals surface area contributed by atoms with Crippen molar-refractivity contribution in [2.75, 3.05) is 26.3 Å². The average molecular weight is 400 g/mol. The monoisotopic (exact) mass is 400 g/mol. The van der Waals surface area contributed by atoms with Gasteiger partial charge in [-0.1, -0.05) is 19.9 Å². The van der Waals surface area contributed by atoms with Gasteiger partial charge < -0.3 is 9.47 Å². The molecule has 1 aromatic carbocycles. The molecule has 0 fully saturated rings. The molecule has 150 valence electrons. The van der Waals surface area contributed by atoms with Gasteiger partial charge in [-0.3, -0.25) is 10.1 Å². The molecule has 0 heterocycles. The Bertz CT molecular complexity index is 801. The number of carbonyl (C=O) groups excluding carboxylic acids is 3. The smallest absolute Gasteiger partial charge is 0.413 e. The van der Waals surface area contributed by atoms with E-state index in [1.165, 1.54) is 22.5 Å². The van der Waals surface area contributed by atoms with Gasteiger partial charge in [-0.25, -0.2) is 18.0 Å². The Balaban J connectivity index is 2.92. The summed E-state index contributed by atoms with van der Waals surface area (Å²) >= 11 is 0. The summed E-state index contributed by atoms with van der Waals surface area (Å²) in [6.07, 6.45) is -0.943. The van der Waals surface area contributed by atoms with Crippen LogP contribution in [-0.4, -0.2) is 57.0 Å². The first-order valence-corrected chi connectivity index (χ1v) is 9.85. The highest BCUT2D eigenvalue weighted by Crippen LogP contribution is 2.20. The second kappa shape index (κ2) is 10.0. The van der Waals surface area contributed by atoms with Gasteiger partial charge in [-0.05, 0) is 31.5 Å². The molecule has 1 N–H and O–H groups in total. The Hall–Kier alpha value is -2.46. The van der Waals surface area contributed by atoms with Crippen molar-refractivity contribution in [3.8, 4) is 0 Å². The molecule has 0 aliphatic rings. The number of rotatable bonds is 8. The zero-order chi connectivity index (χ0) is 20.6. The lowest BCUT2D eigenvalue weighted by molar-refractivity contribution is -0.123. The molecule has 10 heteroatoms. The molecule has 0 saturated heterocycles. The first kappa shape index (κ1) is 22.6. The van der Waals surface area contributed by atoms with Gasteiger partial charge in [0.05, 0.1) is 17.1 Å². The van der Waals surface area contributed by atoms with Crippen LogP contribution in [0.15, 0.2) is 23.1 Å². The van der Waals surface area contributed by atoms with Gasteiger partial charge in [0.15, 0.2) is 6.61 Å². The molecule has 0 spiro atoms. The second-order valence-electron chi connectivity index (χ2n) is 5.41. The van der Waals surface area contributed by atoms with Gasteiger partial charge in [0.2, 0.25) is 10.0 Å². The summed E-state index contributed by atoms with van der Waals surface area (Å²) in [6.45, 7) is 6.59. The molecule has 2 amide bonds. The first-order chi connectivity index (χ1) is 12.7. The van der Waals surface area contributed by atoms with Gasteiger partial charge in [-0.15, -0.1) is 0 Å². The van der Waals surface area contributed by atoms with E-state index >= 15 is 0 Å². The van der Waals surface area contributed by atoms with Crippen molar-refractivity contribution in [2.45, 2.75) is 32.6 Å². The van der Waals surface area contributed by atoms with Crippen molar-refractivity contribution < 1.29 is 32.3 Å². The molecule has 0 aliphatic heterocycles. The Labute approximate surface area is 158 Å². The third-order valence-corrected chi connectivity index (χ3v) is 5.67. The van der Waals surface area contributed by atoms with Crippen LogP contribution in [0.2, 0.25) is 0 Å². The lowest BCUT2D eigenvalue weighted by atomic mass is 10.1. The van der Waals surface area contributed by atoms with Crippen LogP contribution in [0.25, 0.3) is 0 Å². The van der Waals surface area contributed by atoms with E-state index < -0.39 is 34.6 Å². The van der Waals surface area contributed by atoms with Gasteiger partial charge in [-0.2, -0.15) is 4.31 Å². The summed E-state index contributed by atoms with van der Waals surface area (Å²) in [4.78, 5) is 34.9. The first-order valence-electron chi connectivity index (χ1n) is 8.41. The maximum atomic E-state index is 12.6. The number of hydrogen-bond acceptors (Lipinski definition) is 7. The lowest BCUT2D eigenvalue weighted by Gasteiger charge is -2.19. The molecule has 1 rings (SSSR count). The highest BCUT2D eigenvalue weighted by molar-refractivity contribution is 7.89. The van der Waals surface area contributed by atoms with Crippen LogP contribution < -0.4 is 5.32 Å². The average Bonchev–Trinajstić information content (AvgIpc) is 2.60. The molecule has 0 radical (unpaired) electrons. The van der Waals surface area contributed by atoms with Crippen molar-refractivity contribution in [3.63, 3.8) is 0 Å². The van der Waals surface area contributed by atoms with Gasteiger partial charge >= 0.3 is 12.1 Å². The highest BCUT2D eigenvalue weighted by Gasteiger charge is 2.24. The number of aryl methyl sites for hydroxylation is 1. The molecule has 0 unspecified atom stereocenters. The molecule has 0 aromatic heterocycles. The van der Waals surface area contributed by atoms with Crippen LogP contribution >= 0.6 is 0 Å². The minimum atomic E-state index is -3.74. The topological polar surface area (TPSA) is 119 Å². The Morgan fingerprint density at radius 1 is 1.07 bits per heavy atom. The van der Waals surface area contributed by atoms with Crippen molar-refractivity contribution >= 4 is 28.0 Å². The molecule has 0 saturated carbocycles. The summed E-state index contributed by atoms with van der Waals surface area (Å²) in [7, 11) is -3.74. The Morgan fingerprint density at radius 2 is 1.70 bits per heavy atom. The van der Waals surface area contributed by atoms with Crippen LogP contribution in [0.4, 0.5) is 4.79 Å². The van der Waals surface area contributed by atoms with Crippen molar-refractivity contribution in [1.29, 1.82) is 0 Å². The molecule has 0 aliphatic carbocycles. The fourth-order valence-electron chi connectivity index (χ4n) is 2.22. The van der Waals surface area contributed by atoms with Crippen LogP contribution in [0.1, 0.15) is 36.7 Å². The van der Waals surface area contributed by atoms with E-state index in [1.807, 2.05) is 5.32 Å². The van der Waals surface area contributed by atoms with Crippen molar-refractivity contribution in [2.24, 2.45) is 0 Å². The number of sulfonamides is 1. The molecule has 0 bridgehead atoms. The lowest BCUT2D eigenvalue weighted by Crippen LogP contribution is -2.34. The molecular weight excluding hydrogens is 376 g/mol. The molecule has 0 atom stereocenters. The number of benzene rings is 1.